The Morgan fingerprint density at radius 3 is 1.74 bits per heavy atom. The molecule has 0 unspecified atom stereocenters. The molecular weight excluding hydrogens is 384 g/mol. The highest BCUT2D eigenvalue weighted by Crippen LogP contribution is 2.41. The first-order valence-electron chi connectivity index (χ1n) is 10.7. The second-order valence-electron chi connectivity index (χ2n) is 7.42. The average Bonchev–Trinajstić information content (AvgIpc) is 3.24. The number of hydrogen-bond acceptors (Lipinski definition) is 3. The van der Waals surface area contributed by atoms with E-state index in [1.165, 1.54) is 0 Å². The average molecular weight is 413 g/mol. The van der Waals surface area contributed by atoms with Crippen molar-refractivity contribution in [1.29, 1.82) is 0 Å². The molecule has 3 aromatic carbocycles. The topological polar surface area (TPSA) is 27.7 Å². The molecule has 0 spiro atoms. The Labute approximate surface area is 184 Å². The van der Waals surface area contributed by atoms with Crippen molar-refractivity contribution in [3.63, 3.8) is 0 Å². The van der Waals surface area contributed by atoms with Crippen LogP contribution in [0.25, 0.3) is 0 Å². The molecule has 0 saturated heterocycles. The first kappa shape index (κ1) is 21.3. The molecule has 1 aliphatic rings. The fourth-order valence-electron chi connectivity index (χ4n) is 4.08. The van der Waals surface area contributed by atoms with E-state index in [1.54, 1.807) is 6.08 Å². The highest BCUT2D eigenvalue weighted by Gasteiger charge is 2.39. The summed E-state index contributed by atoms with van der Waals surface area (Å²) < 4.78 is 18.6. The maximum absolute atomic E-state index is 6.83. The van der Waals surface area contributed by atoms with E-state index < -0.39 is 11.9 Å². The van der Waals surface area contributed by atoms with Crippen LogP contribution in [0, 0.1) is 0 Å². The van der Waals surface area contributed by atoms with Gasteiger partial charge in [0.25, 0.3) is 0 Å². The van der Waals surface area contributed by atoms with Crippen LogP contribution in [-0.4, -0.2) is 25.6 Å². The summed E-state index contributed by atoms with van der Waals surface area (Å²) in [4.78, 5) is 0. The van der Waals surface area contributed by atoms with Crippen molar-refractivity contribution in [2.45, 2.75) is 24.9 Å². The Morgan fingerprint density at radius 2 is 1.32 bits per heavy atom. The quantitative estimate of drug-likeness (QED) is 0.412. The molecule has 0 aromatic heterocycles. The van der Waals surface area contributed by atoms with E-state index in [0.29, 0.717) is 13.2 Å². The van der Waals surface area contributed by atoms with Crippen molar-refractivity contribution in [2.75, 3.05) is 13.2 Å². The van der Waals surface area contributed by atoms with Gasteiger partial charge in [-0.15, -0.1) is 0 Å². The molecule has 1 aliphatic heterocycles. The minimum Gasteiger partial charge on any atom is -0.358 e. The van der Waals surface area contributed by atoms with Crippen molar-refractivity contribution in [3.8, 4) is 0 Å². The van der Waals surface area contributed by atoms with Crippen molar-refractivity contribution in [2.24, 2.45) is 0 Å². The van der Waals surface area contributed by atoms with E-state index in [4.69, 9.17) is 14.2 Å². The summed E-state index contributed by atoms with van der Waals surface area (Å²) in [6.07, 6.45) is 3.22. The summed E-state index contributed by atoms with van der Waals surface area (Å²) in [5, 5.41) is 0. The van der Waals surface area contributed by atoms with E-state index >= 15 is 0 Å². The maximum Gasteiger partial charge on any atom is 0.184 e. The van der Waals surface area contributed by atoms with Gasteiger partial charge in [-0.3, -0.25) is 0 Å². The predicted octanol–water partition coefficient (Wildman–Crippen LogP) is 5.87. The lowest BCUT2D eigenvalue weighted by Crippen LogP contribution is -2.36. The Hall–Kier alpha value is -2.98. The summed E-state index contributed by atoms with van der Waals surface area (Å²) in [7, 11) is 0. The van der Waals surface area contributed by atoms with E-state index in [-0.39, 0.29) is 6.10 Å². The summed E-state index contributed by atoms with van der Waals surface area (Å²) >= 11 is 0. The third-order valence-corrected chi connectivity index (χ3v) is 5.51. The molecule has 0 fully saturated rings. The first-order chi connectivity index (χ1) is 15.3. The molecule has 0 aliphatic carbocycles. The van der Waals surface area contributed by atoms with Crippen molar-refractivity contribution >= 4 is 0 Å². The Bertz CT molecular complexity index is 900. The standard InChI is InChI=1S/C28H28O3/c1-3-22-20-26(31-27(22)29-4-2)21-30-28(23-14-8-5-9-15-23,24-16-10-6-11-17-24)25-18-12-7-13-19-25/h3,5-20,26-27H,1,4,21H2,2H3/t26-,27+/m0/s1. The zero-order valence-electron chi connectivity index (χ0n) is 17.8. The van der Waals surface area contributed by atoms with Crippen LogP contribution in [0.4, 0.5) is 0 Å². The first-order valence-corrected chi connectivity index (χ1v) is 10.7. The van der Waals surface area contributed by atoms with Crippen LogP contribution in [0.15, 0.2) is 115 Å². The lowest BCUT2D eigenvalue weighted by atomic mass is 9.80. The molecule has 158 valence electrons. The van der Waals surface area contributed by atoms with Gasteiger partial charge < -0.3 is 14.2 Å². The van der Waals surface area contributed by atoms with Gasteiger partial charge in [-0.05, 0) is 29.7 Å². The second kappa shape index (κ2) is 9.88. The summed E-state index contributed by atoms with van der Waals surface area (Å²) in [5.74, 6) is 0. The number of hydrogen-bond donors (Lipinski definition) is 0. The molecule has 2 atom stereocenters. The molecule has 3 nitrogen and oxygen atoms in total. The van der Waals surface area contributed by atoms with E-state index in [1.807, 2.05) is 67.6 Å². The molecule has 0 radical (unpaired) electrons. The van der Waals surface area contributed by atoms with Gasteiger partial charge in [-0.2, -0.15) is 0 Å². The van der Waals surface area contributed by atoms with Gasteiger partial charge in [-0.1, -0.05) is 104 Å². The molecule has 0 bridgehead atoms. The van der Waals surface area contributed by atoms with Gasteiger partial charge in [0.05, 0.1) is 6.61 Å². The molecule has 0 saturated carbocycles. The number of ether oxygens (including phenoxy) is 3. The van der Waals surface area contributed by atoms with Crippen molar-refractivity contribution in [3.05, 3.63) is 132 Å². The highest BCUT2D eigenvalue weighted by molar-refractivity contribution is 5.47. The van der Waals surface area contributed by atoms with Gasteiger partial charge in [0, 0.05) is 12.2 Å². The van der Waals surface area contributed by atoms with E-state index in [9.17, 15) is 0 Å². The number of benzene rings is 3. The van der Waals surface area contributed by atoms with Gasteiger partial charge in [0.1, 0.15) is 11.7 Å². The molecule has 0 N–H and O–H groups in total. The maximum atomic E-state index is 6.83. The molecule has 31 heavy (non-hydrogen) atoms. The van der Waals surface area contributed by atoms with Gasteiger partial charge in [-0.25, -0.2) is 0 Å². The van der Waals surface area contributed by atoms with E-state index in [2.05, 4.69) is 43.0 Å². The van der Waals surface area contributed by atoms with Crippen LogP contribution in [0.2, 0.25) is 0 Å². The van der Waals surface area contributed by atoms with Crippen molar-refractivity contribution < 1.29 is 14.2 Å². The minimum absolute atomic E-state index is 0.222. The fourth-order valence-corrected chi connectivity index (χ4v) is 4.08. The van der Waals surface area contributed by atoms with Crippen LogP contribution >= 0.6 is 0 Å². The fraction of sp³-hybridized carbons (Fsp3) is 0.214. The van der Waals surface area contributed by atoms with Crippen LogP contribution in [0.3, 0.4) is 0 Å². The van der Waals surface area contributed by atoms with E-state index in [0.717, 1.165) is 22.3 Å². The molecule has 4 rings (SSSR count). The monoisotopic (exact) mass is 412 g/mol. The highest BCUT2D eigenvalue weighted by atomic mass is 16.7. The SMILES string of the molecule is C=CC1=C[C@@H](COC(c2ccccc2)(c2ccccc2)c2ccccc2)O[C@H]1OCC. The van der Waals surface area contributed by atoms with Gasteiger partial charge >= 0.3 is 0 Å². The molecule has 3 heteroatoms. The Kier molecular flexibility index (Phi) is 6.78. The largest absolute Gasteiger partial charge is 0.358 e. The smallest absolute Gasteiger partial charge is 0.184 e. The lowest BCUT2D eigenvalue weighted by molar-refractivity contribution is -0.140. The third kappa shape index (κ3) is 4.40. The molecule has 0 amide bonds. The molecule has 1 heterocycles. The summed E-state index contributed by atoms with van der Waals surface area (Å²) in [5.41, 5.74) is 3.39. The van der Waals surface area contributed by atoms with Gasteiger partial charge in [0.15, 0.2) is 6.29 Å². The summed E-state index contributed by atoms with van der Waals surface area (Å²) in [6.45, 7) is 6.80. The van der Waals surface area contributed by atoms with Crippen LogP contribution in [-0.2, 0) is 19.8 Å². The molecular formula is C28H28O3. The lowest BCUT2D eigenvalue weighted by Gasteiger charge is -2.36. The zero-order chi connectivity index (χ0) is 21.5. The Balaban J connectivity index is 1.75. The summed E-state index contributed by atoms with van der Waals surface area (Å²) in [6, 6.07) is 31.0. The predicted molar refractivity (Wildman–Crippen MR) is 124 cm³/mol. The van der Waals surface area contributed by atoms with Crippen molar-refractivity contribution in [1.82, 2.24) is 0 Å². The molecule has 3 aromatic rings. The zero-order valence-corrected chi connectivity index (χ0v) is 17.8. The normalized spacial score (nSPS) is 18.5. The second-order valence-corrected chi connectivity index (χ2v) is 7.42. The van der Waals surface area contributed by atoms with Crippen LogP contribution in [0.5, 0.6) is 0 Å². The van der Waals surface area contributed by atoms with Crippen LogP contribution in [0.1, 0.15) is 23.6 Å². The Morgan fingerprint density at radius 1 is 0.839 bits per heavy atom. The van der Waals surface area contributed by atoms with Gasteiger partial charge in [0.2, 0.25) is 0 Å². The number of rotatable bonds is 9. The van der Waals surface area contributed by atoms with Crippen LogP contribution < -0.4 is 0 Å². The minimum atomic E-state index is -0.765. The third-order valence-electron chi connectivity index (χ3n) is 5.51.